The number of carbonyl (C=O) groups is 1. The number of carboxylic acid groups (broad SMARTS) is 1. The van der Waals surface area contributed by atoms with Gasteiger partial charge in [-0.15, -0.1) is 0 Å². The summed E-state index contributed by atoms with van der Waals surface area (Å²) in [4.78, 5) is 11.4. The van der Waals surface area contributed by atoms with Gasteiger partial charge < -0.3 is 24.1 Å². The zero-order valence-electron chi connectivity index (χ0n) is 19.4. The predicted octanol–water partition coefficient (Wildman–Crippen LogP) is 2.51. The average Bonchev–Trinajstić information content (AvgIpc) is 2.70. The third-order valence-corrected chi connectivity index (χ3v) is 5.85. The summed E-state index contributed by atoms with van der Waals surface area (Å²) in [6.07, 6.45) is 0. The lowest BCUT2D eigenvalue weighted by molar-refractivity contribution is -0.148. The monoisotopic (exact) mass is 476 g/mol. The SMILES string of the molecule is Cc1ccc(S(=O)(=O)OCCOCCOCCOCCOCC(C(=O)O)C(C)(C)C)cc1. The molecule has 0 aliphatic heterocycles. The highest BCUT2D eigenvalue weighted by atomic mass is 32.2. The molecule has 0 heterocycles. The largest absolute Gasteiger partial charge is 0.481 e. The predicted molar refractivity (Wildman–Crippen MR) is 118 cm³/mol. The summed E-state index contributed by atoms with van der Waals surface area (Å²) in [5.41, 5.74) is 0.598. The van der Waals surface area contributed by atoms with Crippen LogP contribution >= 0.6 is 0 Å². The van der Waals surface area contributed by atoms with Gasteiger partial charge in [0.2, 0.25) is 0 Å². The highest BCUT2D eigenvalue weighted by Crippen LogP contribution is 2.26. The number of hydrogen-bond acceptors (Lipinski definition) is 8. The molecule has 1 N–H and O–H groups in total. The van der Waals surface area contributed by atoms with E-state index in [0.717, 1.165) is 5.56 Å². The van der Waals surface area contributed by atoms with Crippen LogP contribution in [0.15, 0.2) is 29.2 Å². The first-order chi connectivity index (χ1) is 15.0. The normalized spacial score (nSPS) is 13.2. The van der Waals surface area contributed by atoms with Gasteiger partial charge in [0.15, 0.2) is 0 Å². The van der Waals surface area contributed by atoms with Gasteiger partial charge in [-0.25, -0.2) is 0 Å². The molecular formula is C22H36O9S. The first kappa shape index (κ1) is 28.5. The minimum atomic E-state index is -3.78. The van der Waals surface area contributed by atoms with Crippen LogP contribution in [0.3, 0.4) is 0 Å². The second-order valence-corrected chi connectivity index (χ2v) is 9.87. The highest BCUT2D eigenvalue weighted by molar-refractivity contribution is 7.86. The van der Waals surface area contributed by atoms with Crippen LogP contribution in [-0.2, 0) is 38.0 Å². The van der Waals surface area contributed by atoms with Gasteiger partial charge >= 0.3 is 5.97 Å². The van der Waals surface area contributed by atoms with E-state index in [2.05, 4.69) is 0 Å². The van der Waals surface area contributed by atoms with Gasteiger partial charge in [0.1, 0.15) is 0 Å². The molecule has 0 spiro atoms. The molecule has 1 atom stereocenters. The van der Waals surface area contributed by atoms with Crippen molar-refractivity contribution in [3.05, 3.63) is 29.8 Å². The molecule has 0 aromatic heterocycles. The van der Waals surface area contributed by atoms with Gasteiger partial charge in [-0.2, -0.15) is 8.42 Å². The Morgan fingerprint density at radius 2 is 1.28 bits per heavy atom. The molecule has 0 saturated heterocycles. The molecule has 0 aliphatic rings. The van der Waals surface area contributed by atoms with Crippen LogP contribution < -0.4 is 0 Å². The lowest BCUT2D eigenvalue weighted by Crippen LogP contribution is -2.32. The molecule has 0 aliphatic carbocycles. The van der Waals surface area contributed by atoms with E-state index < -0.39 is 22.0 Å². The third-order valence-electron chi connectivity index (χ3n) is 4.52. The van der Waals surface area contributed by atoms with E-state index in [1.165, 1.54) is 12.1 Å². The number of benzene rings is 1. The first-order valence-corrected chi connectivity index (χ1v) is 11.9. The third kappa shape index (κ3) is 11.9. The maximum Gasteiger partial charge on any atom is 0.309 e. The Morgan fingerprint density at radius 1 is 0.844 bits per heavy atom. The minimum absolute atomic E-state index is 0.0722. The summed E-state index contributed by atoms with van der Waals surface area (Å²) in [6, 6.07) is 6.43. The molecule has 1 aromatic rings. The number of hydrogen-bond donors (Lipinski definition) is 1. The molecule has 32 heavy (non-hydrogen) atoms. The number of aliphatic carboxylic acids is 1. The van der Waals surface area contributed by atoms with Crippen molar-refractivity contribution >= 4 is 16.1 Å². The van der Waals surface area contributed by atoms with Gasteiger partial charge in [-0.05, 0) is 24.5 Å². The highest BCUT2D eigenvalue weighted by Gasteiger charge is 2.31. The maximum atomic E-state index is 12.0. The van der Waals surface area contributed by atoms with Crippen LogP contribution in [0.2, 0.25) is 0 Å². The van der Waals surface area contributed by atoms with E-state index in [-0.39, 0.29) is 30.1 Å². The quantitative estimate of drug-likeness (QED) is 0.267. The van der Waals surface area contributed by atoms with Crippen LogP contribution in [0.5, 0.6) is 0 Å². The molecule has 184 valence electrons. The molecule has 0 saturated carbocycles. The molecule has 0 bridgehead atoms. The van der Waals surface area contributed by atoms with E-state index in [4.69, 9.17) is 23.1 Å². The smallest absolute Gasteiger partial charge is 0.309 e. The number of carboxylic acids is 1. The van der Waals surface area contributed by atoms with E-state index >= 15 is 0 Å². The van der Waals surface area contributed by atoms with Crippen molar-refractivity contribution in [3.63, 3.8) is 0 Å². The topological polar surface area (TPSA) is 118 Å². The van der Waals surface area contributed by atoms with E-state index in [9.17, 15) is 18.3 Å². The van der Waals surface area contributed by atoms with Gasteiger partial charge in [-0.3, -0.25) is 8.98 Å². The Kier molecular flexibility index (Phi) is 13.0. The molecule has 0 amide bonds. The van der Waals surface area contributed by atoms with Crippen LogP contribution in [-0.4, -0.2) is 79.0 Å². The summed E-state index contributed by atoms with van der Waals surface area (Å²) < 4.78 is 50.4. The zero-order valence-corrected chi connectivity index (χ0v) is 20.2. The Balaban J connectivity index is 1.96. The summed E-state index contributed by atoms with van der Waals surface area (Å²) in [6.45, 7) is 9.75. The summed E-state index contributed by atoms with van der Waals surface area (Å²) in [5, 5.41) is 9.22. The zero-order chi connectivity index (χ0) is 24.0. The van der Waals surface area contributed by atoms with Crippen molar-refractivity contribution in [2.45, 2.75) is 32.6 Å². The van der Waals surface area contributed by atoms with Gasteiger partial charge in [0.05, 0.1) is 70.3 Å². The van der Waals surface area contributed by atoms with E-state index in [1.807, 2.05) is 27.7 Å². The fourth-order valence-electron chi connectivity index (χ4n) is 2.53. The summed E-state index contributed by atoms with van der Waals surface area (Å²) >= 11 is 0. The molecule has 0 fully saturated rings. The van der Waals surface area contributed by atoms with Crippen molar-refractivity contribution in [1.82, 2.24) is 0 Å². The lowest BCUT2D eigenvalue weighted by Gasteiger charge is -2.26. The molecule has 10 heteroatoms. The van der Waals surface area contributed by atoms with Crippen molar-refractivity contribution in [1.29, 1.82) is 0 Å². The number of rotatable bonds is 17. The minimum Gasteiger partial charge on any atom is -0.481 e. The number of ether oxygens (including phenoxy) is 4. The van der Waals surface area contributed by atoms with Gasteiger partial charge in [-0.1, -0.05) is 38.5 Å². The average molecular weight is 477 g/mol. The number of aryl methyl sites for hydroxylation is 1. The Morgan fingerprint density at radius 3 is 1.72 bits per heavy atom. The first-order valence-electron chi connectivity index (χ1n) is 10.5. The standard InChI is InChI=1S/C22H36O9S/c1-18-5-7-19(8-6-18)32(25,26)31-16-15-29-12-11-27-9-10-28-13-14-30-17-20(21(23)24)22(2,3)4/h5-8,20H,9-17H2,1-4H3,(H,23,24). The second kappa shape index (κ2) is 14.6. The fraction of sp³-hybridized carbons (Fsp3) is 0.682. The van der Waals surface area contributed by atoms with Gasteiger partial charge in [0.25, 0.3) is 10.1 Å². The summed E-state index contributed by atoms with van der Waals surface area (Å²) in [7, 11) is -3.78. The van der Waals surface area contributed by atoms with Crippen LogP contribution in [0.1, 0.15) is 26.3 Å². The van der Waals surface area contributed by atoms with Crippen molar-refractivity contribution in [2.24, 2.45) is 11.3 Å². The lowest BCUT2D eigenvalue weighted by atomic mass is 9.81. The van der Waals surface area contributed by atoms with Crippen molar-refractivity contribution in [3.8, 4) is 0 Å². The van der Waals surface area contributed by atoms with Crippen LogP contribution in [0.25, 0.3) is 0 Å². The summed E-state index contributed by atoms with van der Waals surface area (Å²) in [5.74, 6) is -1.44. The molecular weight excluding hydrogens is 440 g/mol. The Bertz CT molecular complexity index is 755. The van der Waals surface area contributed by atoms with Crippen molar-refractivity contribution in [2.75, 3.05) is 59.5 Å². The van der Waals surface area contributed by atoms with Crippen molar-refractivity contribution < 1.29 is 41.4 Å². The Hall–Kier alpha value is -1.56. The fourth-order valence-corrected chi connectivity index (χ4v) is 3.42. The van der Waals surface area contributed by atoms with Crippen LogP contribution in [0, 0.1) is 18.3 Å². The molecule has 0 radical (unpaired) electrons. The van der Waals surface area contributed by atoms with Crippen LogP contribution in [0.4, 0.5) is 0 Å². The van der Waals surface area contributed by atoms with E-state index in [0.29, 0.717) is 39.6 Å². The Labute approximate surface area is 191 Å². The molecule has 1 unspecified atom stereocenters. The molecule has 1 rings (SSSR count). The molecule has 9 nitrogen and oxygen atoms in total. The van der Waals surface area contributed by atoms with Gasteiger partial charge in [0, 0.05) is 0 Å². The molecule has 1 aromatic carbocycles. The second-order valence-electron chi connectivity index (χ2n) is 8.26. The maximum absolute atomic E-state index is 12.0. The van der Waals surface area contributed by atoms with E-state index in [1.54, 1.807) is 12.1 Å².